The summed E-state index contributed by atoms with van der Waals surface area (Å²) in [6.07, 6.45) is -1.73. The molecular formula is C18H32F3N3O4. The number of amides is 1. The van der Waals surface area contributed by atoms with Gasteiger partial charge in [-0.15, -0.1) is 0 Å². The third-order valence-corrected chi connectivity index (χ3v) is 4.90. The van der Waals surface area contributed by atoms with Crippen LogP contribution in [0.25, 0.3) is 0 Å². The third-order valence-electron chi connectivity index (χ3n) is 4.90. The Morgan fingerprint density at radius 2 is 1.50 bits per heavy atom. The molecule has 0 aromatic heterocycles. The predicted octanol–water partition coefficient (Wildman–Crippen LogP) is 2.66. The number of carboxylic acids is 1. The molecule has 0 bridgehead atoms. The van der Waals surface area contributed by atoms with E-state index in [1.807, 2.05) is 25.7 Å². The molecule has 0 aromatic carbocycles. The lowest BCUT2D eigenvalue weighted by Crippen LogP contribution is -2.47. The van der Waals surface area contributed by atoms with Gasteiger partial charge in [-0.05, 0) is 67.2 Å². The largest absolute Gasteiger partial charge is 0.490 e. The smallest absolute Gasteiger partial charge is 0.475 e. The van der Waals surface area contributed by atoms with Crippen molar-refractivity contribution in [2.24, 2.45) is 0 Å². The van der Waals surface area contributed by atoms with E-state index in [9.17, 15) is 18.0 Å². The highest BCUT2D eigenvalue weighted by atomic mass is 19.4. The molecule has 164 valence electrons. The third kappa shape index (κ3) is 8.22. The lowest BCUT2D eigenvalue weighted by atomic mass is 10.0. The minimum Gasteiger partial charge on any atom is -0.475 e. The number of carbonyl (C=O) groups is 2. The molecule has 0 aromatic rings. The first-order valence-electron chi connectivity index (χ1n) is 9.39. The summed E-state index contributed by atoms with van der Waals surface area (Å²) in [6, 6.07) is 1.13. The molecule has 0 saturated carbocycles. The standard InChI is InChI=1S/C16H31N3O2.C2HF3O2/c1-16(2,3)21-15(20)19-11-8-14(12-19)18(5)13-6-9-17(4)10-7-13;3-2(4,5)1(6)7/h13-14H,6-12H2,1-5H3;(H,6,7)/t14-;/m0./s1. The van der Waals surface area contributed by atoms with Crippen molar-refractivity contribution in [1.29, 1.82) is 0 Å². The van der Waals surface area contributed by atoms with Crippen molar-refractivity contribution in [3.8, 4) is 0 Å². The molecule has 2 aliphatic heterocycles. The molecule has 1 atom stereocenters. The topological polar surface area (TPSA) is 73.3 Å². The quantitative estimate of drug-likeness (QED) is 0.753. The molecule has 2 rings (SSSR count). The summed E-state index contributed by atoms with van der Waals surface area (Å²) in [5.74, 6) is -2.76. The molecule has 1 amide bonds. The summed E-state index contributed by atoms with van der Waals surface area (Å²) >= 11 is 0. The fraction of sp³-hybridized carbons (Fsp3) is 0.889. The van der Waals surface area contributed by atoms with Crippen LogP contribution in [0.1, 0.15) is 40.0 Å². The van der Waals surface area contributed by atoms with E-state index in [1.54, 1.807) is 0 Å². The summed E-state index contributed by atoms with van der Waals surface area (Å²) < 4.78 is 37.2. The molecule has 28 heavy (non-hydrogen) atoms. The molecule has 0 spiro atoms. The maximum atomic E-state index is 12.1. The van der Waals surface area contributed by atoms with Gasteiger partial charge < -0.3 is 19.6 Å². The molecule has 2 heterocycles. The van der Waals surface area contributed by atoms with Crippen LogP contribution in [0.15, 0.2) is 0 Å². The number of aliphatic carboxylic acids is 1. The summed E-state index contributed by atoms with van der Waals surface area (Å²) in [7, 11) is 4.41. The fourth-order valence-electron chi connectivity index (χ4n) is 3.27. The highest BCUT2D eigenvalue weighted by molar-refractivity contribution is 5.73. The summed E-state index contributed by atoms with van der Waals surface area (Å²) in [5, 5.41) is 7.12. The average molecular weight is 411 g/mol. The number of hydrogen-bond donors (Lipinski definition) is 1. The molecule has 2 saturated heterocycles. The molecule has 10 heteroatoms. The second-order valence-electron chi connectivity index (χ2n) is 8.37. The van der Waals surface area contributed by atoms with Crippen LogP contribution in [-0.2, 0) is 9.53 Å². The van der Waals surface area contributed by atoms with Crippen molar-refractivity contribution in [2.75, 3.05) is 40.3 Å². The molecule has 0 unspecified atom stereocenters. The number of hydrogen-bond acceptors (Lipinski definition) is 5. The number of nitrogens with zero attached hydrogens (tertiary/aromatic N) is 3. The van der Waals surface area contributed by atoms with Gasteiger partial charge in [0.25, 0.3) is 0 Å². The Hall–Kier alpha value is -1.55. The molecule has 1 N–H and O–H groups in total. The van der Waals surface area contributed by atoms with Crippen molar-refractivity contribution in [3.63, 3.8) is 0 Å². The Labute approximate surface area is 164 Å². The predicted molar refractivity (Wildman–Crippen MR) is 98.2 cm³/mol. The Balaban J connectivity index is 0.000000480. The monoisotopic (exact) mass is 411 g/mol. The van der Waals surface area contributed by atoms with Crippen molar-refractivity contribution in [1.82, 2.24) is 14.7 Å². The van der Waals surface area contributed by atoms with Gasteiger partial charge in [0.15, 0.2) is 0 Å². The Bertz CT molecular complexity index is 529. The molecule has 0 aliphatic carbocycles. The van der Waals surface area contributed by atoms with Gasteiger partial charge in [-0.25, -0.2) is 9.59 Å². The van der Waals surface area contributed by atoms with Crippen LogP contribution in [0, 0.1) is 0 Å². The first-order chi connectivity index (χ1) is 12.7. The Morgan fingerprint density at radius 1 is 1.04 bits per heavy atom. The van der Waals surface area contributed by atoms with Crippen molar-refractivity contribution >= 4 is 12.1 Å². The van der Waals surface area contributed by atoms with E-state index in [4.69, 9.17) is 14.6 Å². The number of alkyl halides is 3. The second-order valence-corrected chi connectivity index (χ2v) is 8.37. The van der Waals surface area contributed by atoms with Gasteiger partial charge in [-0.2, -0.15) is 13.2 Å². The number of piperidine rings is 1. The van der Waals surface area contributed by atoms with E-state index in [0.29, 0.717) is 12.1 Å². The van der Waals surface area contributed by atoms with Gasteiger partial charge in [0.1, 0.15) is 5.60 Å². The molecule has 7 nitrogen and oxygen atoms in total. The van der Waals surface area contributed by atoms with Gasteiger partial charge in [-0.1, -0.05) is 0 Å². The zero-order chi connectivity index (χ0) is 21.7. The fourth-order valence-corrected chi connectivity index (χ4v) is 3.27. The van der Waals surface area contributed by atoms with Crippen LogP contribution in [-0.4, -0.2) is 96.0 Å². The number of carboxylic acid groups (broad SMARTS) is 1. The SMILES string of the molecule is CN1CCC(N(C)[C@H]2CCN(C(=O)OC(C)(C)C)C2)CC1.O=C(O)C(F)(F)F. The molecule has 0 radical (unpaired) electrons. The van der Waals surface area contributed by atoms with Gasteiger partial charge in [0.05, 0.1) is 0 Å². The normalized spacial score (nSPS) is 22.0. The van der Waals surface area contributed by atoms with Crippen LogP contribution in [0.3, 0.4) is 0 Å². The number of halogens is 3. The second kappa shape index (κ2) is 9.78. The first kappa shape index (κ1) is 24.5. The van der Waals surface area contributed by atoms with E-state index in [-0.39, 0.29) is 6.09 Å². The zero-order valence-corrected chi connectivity index (χ0v) is 17.3. The summed E-state index contributed by atoms with van der Waals surface area (Å²) in [5.41, 5.74) is -0.408. The van der Waals surface area contributed by atoms with Crippen molar-refractivity contribution in [3.05, 3.63) is 0 Å². The number of carbonyl (C=O) groups excluding carboxylic acids is 1. The van der Waals surface area contributed by atoms with Crippen LogP contribution >= 0.6 is 0 Å². The number of rotatable bonds is 2. The van der Waals surface area contributed by atoms with Gasteiger partial charge in [-0.3, -0.25) is 4.90 Å². The minimum atomic E-state index is -5.08. The van der Waals surface area contributed by atoms with Crippen molar-refractivity contribution < 1.29 is 32.6 Å². The lowest BCUT2D eigenvalue weighted by molar-refractivity contribution is -0.192. The van der Waals surface area contributed by atoms with Gasteiger partial charge in [0, 0.05) is 25.2 Å². The maximum Gasteiger partial charge on any atom is 0.490 e. The summed E-state index contributed by atoms with van der Waals surface area (Å²) in [4.78, 5) is 27.8. The molecule has 2 aliphatic rings. The van der Waals surface area contributed by atoms with Gasteiger partial charge >= 0.3 is 18.2 Å². The van der Waals surface area contributed by atoms with Gasteiger partial charge in [0.2, 0.25) is 0 Å². The molecular weight excluding hydrogens is 379 g/mol. The highest BCUT2D eigenvalue weighted by Crippen LogP contribution is 2.23. The Morgan fingerprint density at radius 3 is 1.93 bits per heavy atom. The number of likely N-dealkylation sites (tertiary alicyclic amines) is 2. The van der Waals surface area contributed by atoms with Crippen LogP contribution < -0.4 is 0 Å². The first-order valence-corrected chi connectivity index (χ1v) is 9.39. The average Bonchev–Trinajstić information content (AvgIpc) is 3.03. The minimum absolute atomic E-state index is 0.165. The highest BCUT2D eigenvalue weighted by Gasteiger charge is 2.38. The van der Waals surface area contributed by atoms with Crippen LogP contribution in [0.4, 0.5) is 18.0 Å². The Kier molecular flexibility index (Phi) is 8.55. The maximum absolute atomic E-state index is 12.1. The van der Waals surface area contributed by atoms with E-state index >= 15 is 0 Å². The summed E-state index contributed by atoms with van der Waals surface area (Å²) in [6.45, 7) is 9.73. The number of likely N-dealkylation sites (N-methyl/N-ethyl adjacent to an activating group) is 1. The number of ether oxygens (including phenoxy) is 1. The van der Waals surface area contributed by atoms with Crippen molar-refractivity contribution in [2.45, 2.75) is 63.9 Å². The molecule has 2 fully saturated rings. The van der Waals surface area contributed by atoms with E-state index in [0.717, 1.165) is 19.5 Å². The zero-order valence-electron chi connectivity index (χ0n) is 17.3. The van der Waals surface area contributed by atoms with E-state index in [1.165, 1.54) is 25.9 Å². The van der Waals surface area contributed by atoms with Crippen LogP contribution in [0.2, 0.25) is 0 Å². The lowest BCUT2D eigenvalue weighted by Gasteiger charge is -2.38. The van der Waals surface area contributed by atoms with E-state index < -0.39 is 17.7 Å². The van der Waals surface area contributed by atoms with Crippen LogP contribution in [0.5, 0.6) is 0 Å². The van der Waals surface area contributed by atoms with E-state index in [2.05, 4.69) is 23.9 Å².